The fraction of sp³-hybridized carbons (Fsp3) is 0.500. The minimum absolute atomic E-state index is 0.392. The van der Waals surface area contributed by atoms with Crippen LogP contribution in [0.2, 0.25) is 0 Å². The van der Waals surface area contributed by atoms with E-state index < -0.39 is 11.7 Å². The Bertz CT molecular complexity index is 555. The first-order valence-electron chi connectivity index (χ1n) is 6.96. The number of aliphatic hydroxyl groups excluding tert-OH is 1. The highest BCUT2D eigenvalue weighted by Crippen LogP contribution is 2.43. The van der Waals surface area contributed by atoms with Crippen molar-refractivity contribution in [2.45, 2.75) is 43.8 Å². The van der Waals surface area contributed by atoms with Crippen molar-refractivity contribution in [1.29, 1.82) is 0 Å². The molecule has 1 N–H and O–H groups in total. The molecule has 1 fully saturated rings. The average molecular weight is 276 g/mol. The molecular formula is C16H20O2S. The SMILES string of the molecule is COC1(C(O)c2cccc3ccsc23)CCCCC1. The highest BCUT2D eigenvalue weighted by molar-refractivity contribution is 7.17. The number of fused-ring (bicyclic) bond motifs is 1. The van der Waals surface area contributed by atoms with E-state index in [-0.39, 0.29) is 0 Å². The van der Waals surface area contributed by atoms with E-state index in [4.69, 9.17) is 4.74 Å². The van der Waals surface area contributed by atoms with Crippen LogP contribution in [0.25, 0.3) is 10.1 Å². The molecule has 0 aliphatic heterocycles. The number of rotatable bonds is 3. The van der Waals surface area contributed by atoms with E-state index in [1.165, 1.54) is 16.5 Å². The molecular weight excluding hydrogens is 256 g/mol. The lowest BCUT2D eigenvalue weighted by Crippen LogP contribution is -2.40. The summed E-state index contributed by atoms with van der Waals surface area (Å²) in [6.07, 6.45) is 4.91. The van der Waals surface area contributed by atoms with Crippen molar-refractivity contribution < 1.29 is 9.84 Å². The molecule has 2 nitrogen and oxygen atoms in total. The molecule has 1 atom stereocenters. The Labute approximate surface area is 118 Å². The Morgan fingerprint density at radius 2 is 2.00 bits per heavy atom. The summed E-state index contributed by atoms with van der Waals surface area (Å²) in [5.41, 5.74) is 0.632. The molecule has 1 aliphatic rings. The molecule has 102 valence electrons. The third-order valence-electron chi connectivity index (χ3n) is 4.41. The van der Waals surface area contributed by atoms with Gasteiger partial charge in [0.15, 0.2) is 0 Å². The van der Waals surface area contributed by atoms with Crippen molar-refractivity contribution >= 4 is 21.4 Å². The quantitative estimate of drug-likeness (QED) is 0.906. The van der Waals surface area contributed by atoms with Crippen molar-refractivity contribution in [1.82, 2.24) is 0 Å². The van der Waals surface area contributed by atoms with Crippen molar-refractivity contribution in [2.75, 3.05) is 7.11 Å². The molecule has 3 heteroatoms. The van der Waals surface area contributed by atoms with Crippen LogP contribution in [0.4, 0.5) is 0 Å². The second kappa shape index (κ2) is 5.23. The van der Waals surface area contributed by atoms with Gasteiger partial charge in [-0.15, -0.1) is 11.3 Å². The second-order valence-corrected chi connectivity index (χ2v) is 6.33. The molecule has 1 aromatic heterocycles. The van der Waals surface area contributed by atoms with Crippen LogP contribution in [0.15, 0.2) is 29.6 Å². The van der Waals surface area contributed by atoms with Gasteiger partial charge in [-0.3, -0.25) is 0 Å². The molecule has 1 unspecified atom stereocenters. The van der Waals surface area contributed by atoms with Crippen LogP contribution in [0.3, 0.4) is 0 Å². The van der Waals surface area contributed by atoms with Gasteiger partial charge in [0.05, 0.1) is 5.60 Å². The van der Waals surface area contributed by atoms with Crippen LogP contribution in [0.1, 0.15) is 43.8 Å². The predicted octanol–water partition coefficient (Wildman–Crippen LogP) is 4.28. The molecule has 0 bridgehead atoms. The zero-order chi connectivity index (χ0) is 13.3. The molecule has 0 amide bonds. The molecule has 3 rings (SSSR count). The van der Waals surface area contributed by atoms with Crippen molar-refractivity contribution in [3.8, 4) is 0 Å². The summed E-state index contributed by atoms with van der Waals surface area (Å²) in [4.78, 5) is 0. The van der Waals surface area contributed by atoms with Gasteiger partial charge >= 0.3 is 0 Å². The Balaban J connectivity index is 2.02. The van der Waals surface area contributed by atoms with Gasteiger partial charge in [-0.1, -0.05) is 37.5 Å². The summed E-state index contributed by atoms with van der Waals surface area (Å²) in [5.74, 6) is 0. The lowest BCUT2D eigenvalue weighted by Gasteiger charge is -2.40. The second-order valence-electron chi connectivity index (χ2n) is 5.42. The third kappa shape index (κ3) is 2.20. The van der Waals surface area contributed by atoms with Crippen LogP contribution in [0.5, 0.6) is 0 Å². The molecule has 1 aliphatic carbocycles. The Hall–Kier alpha value is -0.900. The number of hydrogen-bond acceptors (Lipinski definition) is 3. The highest BCUT2D eigenvalue weighted by atomic mass is 32.1. The zero-order valence-corrected chi connectivity index (χ0v) is 12.1. The van der Waals surface area contributed by atoms with Gasteiger partial charge in [0.1, 0.15) is 6.10 Å². The minimum atomic E-state index is -0.528. The summed E-state index contributed by atoms with van der Waals surface area (Å²) in [5, 5.41) is 14.2. The van der Waals surface area contributed by atoms with E-state index in [1.54, 1.807) is 18.4 Å². The number of benzene rings is 1. The predicted molar refractivity (Wildman–Crippen MR) is 79.6 cm³/mol. The first-order valence-corrected chi connectivity index (χ1v) is 7.84. The van der Waals surface area contributed by atoms with E-state index in [1.807, 2.05) is 12.1 Å². The molecule has 19 heavy (non-hydrogen) atoms. The summed E-state index contributed by atoms with van der Waals surface area (Å²) >= 11 is 1.70. The van der Waals surface area contributed by atoms with Crippen LogP contribution in [-0.2, 0) is 4.74 Å². The fourth-order valence-electron chi connectivity index (χ4n) is 3.25. The fourth-order valence-corrected chi connectivity index (χ4v) is 4.19. The van der Waals surface area contributed by atoms with E-state index in [0.29, 0.717) is 0 Å². The summed E-state index contributed by atoms with van der Waals surface area (Å²) < 4.78 is 6.97. The van der Waals surface area contributed by atoms with Gasteiger partial charge in [0, 0.05) is 17.4 Å². The average Bonchev–Trinajstić information content (AvgIpc) is 2.95. The maximum absolute atomic E-state index is 10.9. The molecule has 2 aromatic rings. The van der Waals surface area contributed by atoms with Crippen molar-refractivity contribution in [3.05, 3.63) is 35.2 Å². The zero-order valence-electron chi connectivity index (χ0n) is 11.3. The van der Waals surface area contributed by atoms with Crippen LogP contribution in [-0.4, -0.2) is 17.8 Å². The maximum atomic E-state index is 10.9. The monoisotopic (exact) mass is 276 g/mol. The summed E-state index contributed by atoms with van der Waals surface area (Å²) in [6.45, 7) is 0. The number of aliphatic hydroxyl groups is 1. The molecule has 0 spiro atoms. The number of thiophene rings is 1. The summed E-state index contributed by atoms with van der Waals surface area (Å²) in [6, 6.07) is 8.28. The molecule has 0 radical (unpaired) electrons. The number of ether oxygens (including phenoxy) is 1. The van der Waals surface area contributed by atoms with Gasteiger partial charge in [-0.05, 0) is 29.7 Å². The van der Waals surface area contributed by atoms with Gasteiger partial charge in [0.2, 0.25) is 0 Å². The van der Waals surface area contributed by atoms with Gasteiger partial charge in [-0.25, -0.2) is 0 Å². The molecule has 1 heterocycles. The normalized spacial score (nSPS) is 20.5. The maximum Gasteiger partial charge on any atom is 0.109 e. The van der Waals surface area contributed by atoms with Crippen molar-refractivity contribution in [2.24, 2.45) is 0 Å². The lowest BCUT2D eigenvalue weighted by molar-refractivity contribution is -0.124. The molecule has 1 saturated carbocycles. The third-order valence-corrected chi connectivity index (χ3v) is 5.39. The molecule has 1 aromatic carbocycles. The van der Waals surface area contributed by atoms with E-state index >= 15 is 0 Å². The lowest BCUT2D eigenvalue weighted by atomic mass is 9.78. The number of methoxy groups -OCH3 is 1. The smallest absolute Gasteiger partial charge is 0.109 e. The summed E-state index contributed by atoms with van der Waals surface area (Å²) in [7, 11) is 1.74. The van der Waals surface area contributed by atoms with E-state index in [2.05, 4.69) is 17.5 Å². The van der Waals surface area contributed by atoms with E-state index in [9.17, 15) is 5.11 Å². The topological polar surface area (TPSA) is 29.5 Å². The van der Waals surface area contributed by atoms with Gasteiger partial charge in [0.25, 0.3) is 0 Å². The van der Waals surface area contributed by atoms with Crippen LogP contribution < -0.4 is 0 Å². The van der Waals surface area contributed by atoms with Gasteiger partial charge in [-0.2, -0.15) is 0 Å². The Morgan fingerprint density at radius 3 is 2.74 bits per heavy atom. The van der Waals surface area contributed by atoms with Gasteiger partial charge < -0.3 is 9.84 Å². The van der Waals surface area contributed by atoms with Crippen molar-refractivity contribution in [3.63, 3.8) is 0 Å². The first kappa shape index (κ1) is 13.1. The standard InChI is InChI=1S/C16H20O2S/c1-18-16(9-3-2-4-10-16)15(17)13-7-5-6-12-8-11-19-14(12)13/h5-8,11,15,17H,2-4,9-10H2,1H3. The van der Waals surface area contributed by atoms with E-state index in [0.717, 1.165) is 31.2 Å². The first-order chi connectivity index (χ1) is 9.27. The van der Waals surface area contributed by atoms with Crippen LogP contribution >= 0.6 is 11.3 Å². The number of hydrogen-bond donors (Lipinski definition) is 1. The Morgan fingerprint density at radius 1 is 1.21 bits per heavy atom. The van der Waals surface area contributed by atoms with Crippen LogP contribution in [0, 0.1) is 0 Å². The largest absolute Gasteiger partial charge is 0.385 e. The highest BCUT2D eigenvalue weighted by Gasteiger charge is 2.40. The molecule has 0 saturated heterocycles. The Kier molecular flexibility index (Phi) is 3.61. The minimum Gasteiger partial charge on any atom is -0.385 e.